The first-order chi connectivity index (χ1) is 8.79. The van der Waals surface area contributed by atoms with Crippen molar-refractivity contribution in [2.24, 2.45) is 12.5 Å². The Bertz CT molecular complexity index is 420. The van der Waals surface area contributed by atoms with E-state index in [1.54, 1.807) is 4.90 Å². The first kappa shape index (κ1) is 16.0. The van der Waals surface area contributed by atoms with Crippen LogP contribution in [0.4, 0.5) is 0 Å². The summed E-state index contributed by atoms with van der Waals surface area (Å²) in [4.78, 5) is 13.8. The van der Waals surface area contributed by atoms with E-state index in [9.17, 15) is 4.79 Å². The van der Waals surface area contributed by atoms with Gasteiger partial charge in [0.15, 0.2) is 0 Å². The predicted molar refractivity (Wildman–Crippen MR) is 78.2 cm³/mol. The van der Waals surface area contributed by atoms with Gasteiger partial charge in [0.2, 0.25) is 5.91 Å². The van der Waals surface area contributed by atoms with E-state index in [1.807, 2.05) is 24.7 Å². The monoisotopic (exact) mass is 285 g/mol. The highest BCUT2D eigenvalue weighted by molar-refractivity contribution is 6.27. The number of hydrogen-bond acceptors (Lipinski definition) is 2. The van der Waals surface area contributed by atoms with E-state index in [1.165, 1.54) is 0 Å². The molecule has 0 saturated carbocycles. The summed E-state index contributed by atoms with van der Waals surface area (Å²) in [5, 5.41) is 4.40. The molecule has 108 valence electrons. The molecule has 1 heterocycles. The van der Waals surface area contributed by atoms with Crippen LogP contribution in [0.25, 0.3) is 0 Å². The van der Waals surface area contributed by atoms with Crippen LogP contribution < -0.4 is 0 Å². The van der Waals surface area contributed by atoms with Crippen LogP contribution in [0.1, 0.15) is 38.6 Å². The fourth-order valence-corrected chi connectivity index (χ4v) is 2.02. The average molecular weight is 286 g/mol. The van der Waals surface area contributed by atoms with Gasteiger partial charge in [-0.25, -0.2) is 0 Å². The molecule has 19 heavy (non-hydrogen) atoms. The second kappa shape index (κ2) is 6.42. The fourth-order valence-electron chi connectivity index (χ4n) is 1.85. The Balaban J connectivity index is 2.83. The van der Waals surface area contributed by atoms with Gasteiger partial charge in [-0.1, -0.05) is 20.8 Å². The Kier molecular flexibility index (Phi) is 5.41. The zero-order valence-corrected chi connectivity index (χ0v) is 13.3. The third-order valence-electron chi connectivity index (χ3n) is 3.56. The number of rotatable bonds is 6. The van der Waals surface area contributed by atoms with Crippen LogP contribution in [-0.4, -0.2) is 33.0 Å². The van der Waals surface area contributed by atoms with E-state index >= 15 is 0 Å². The third kappa shape index (κ3) is 4.53. The average Bonchev–Trinajstić information content (AvgIpc) is 2.66. The standard InChI is InChI=1S/C14H24ClN3O/c1-6-14(3,4)10-18(13(19)8-15)9-12-7-11(2)17(5)16-12/h7H,6,8-10H2,1-5H3. The van der Waals surface area contributed by atoms with Crippen LogP contribution >= 0.6 is 11.6 Å². The molecule has 0 saturated heterocycles. The Morgan fingerprint density at radius 2 is 2.16 bits per heavy atom. The Hall–Kier alpha value is -1.03. The van der Waals surface area contributed by atoms with E-state index in [-0.39, 0.29) is 17.2 Å². The topological polar surface area (TPSA) is 38.1 Å². The molecule has 1 amide bonds. The Labute approximate surface area is 120 Å². The fraction of sp³-hybridized carbons (Fsp3) is 0.714. The molecule has 1 rings (SSSR count). The number of aryl methyl sites for hydroxylation is 2. The molecule has 1 aromatic heterocycles. The minimum Gasteiger partial charge on any atom is -0.335 e. The van der Waals surface area contributed by atoms with E-state index in [4.69, 9.17) is 11.6 Å². The minimum atomic E-state index is -0.0357. The summed E-state index contributed by atoms with van der Waals surface area (Å²) in [5.74, 6) is -0.0162. The van der Waals surface area contributed by atoms with E-state index < -0.39 is 0 Å². The molecular weight excluding hydrogens is 262 g/mol. The van der Waals surface area contributed by atoms with Crippen molar-refractivity contribution >= 4 is 17.5 Å². The second-order valence-corrected chi connectivity index (χ2v) is 6.07. The van der Waals surface area contributed by atoms with Crippen LogP contribution in [0.15, 0.2) is 6.07 Å². The largest absolute Gasteiger partial charge is 0.335 e. The van der Waals surface area contributed by atoms with Crippen molar-refractivity contribution in [3.05, 3.63) is 17.5 Å². The van der Waals surface area contributed by atoms with Gasteiger partial charge in [0, 0.05) is 19.3 Å². The summed E-state index contributed by atoms with van der Waals surface area (Å²) < 4.78 is 1.82. The van der Waals surface area contributed by atoms with Gasteiger partial charge in [0.05, 0.1) is 12.2 Å². The summed E-state index contributed by atoms with van der Waals surface area (Å²) in [6.07, 6.45) is 1.01. The van der Waals surface area contributed by atoms with Crippen LogP contribution in [-0.2, 0) is 18.4 Å². The van der Waals surface area contributed by atoms with E-state index in [0.29, 0.717) is 13.1 Å². The van der Waals surface area contributed by atoms with Gasteiger partial charge in [0.25, 0.3) is 0 Å². The number of halogens is 1. The van der Waals surface area contributed by atoms with Crippen LogP contribution in [0.2, 0.25) is 0 Å². The highest BCUT2D eigenvalue weighted by Gasteiger charge is 2.23. The highest BCUT2D eigenvalue weighted by Crippen LogP contribution is 2.22. The second-order valence-electron chi connectivity index (χ2n) is 5.80. The Morgan fingerprint density at radius 1 is 1.53 bits per heavy atom. The lowest BCUT2D eigenvalue weighted by Crippen LogP contribution is -2.39. The first-order valence-electron chi connectivity index (χ1n) is 6.62. The number of carbonyl (C=O) groups is 1. The molecule has 0 aliphatic rings. The smallest absolute Gasteiger partial charge is 0.237 e. The molecule has 5 heteroatoms. The zero-order valence-electron chi connectivity index (χ0n) is 12.5. The number of nitrogens with zero attached hydrogens (tertiary/aromatic N) is 3. The lowest BCUT2D eigenvalue weighted by molar-refractivity contribution is -0.130. The molecule has 0 aliphatic carbocycles. The highest BCUT2D eigenvalue weighted by atomic mass is 35.5. The van der Waals surface area contributed by atoms with Gasteiger partial charge in [-0.15, -0.1) is 11.6 Å². The predicted octanol–water partition coefficient (Wildman–Crippen LogP) is 2.73. The maximum absolute atomic E-state index is 12.0. The molecule has 0 N–H and O–H groups in total. The van der Waals surface area contributed by atoms with Gasteiger partial charge >= 0.3 is 0 Å². The van der Waals surface area contributed by atoms with Gasteiger partial charge in [-0.05, 0) is 24.8 Å². The van der Waals surface area contributed by atoms with Crippen LogP contribution in [0.5, 0.6) is 0 Å². The molecule has 0 aliphatic heterocycles. The number of hydrogen-bond donors (Lipinski definition) is 0. The maximum atomic E-state index is 12.0. The summed E-state index contributed by atoms with van der Waals surface area (Å²) in [6, 6.07) is 2.01. The maximum Gasteiger partial charge on any atom is 0.237 e. The lowest BCUT2D eigenvalue weighted by atomic mass is 9.89. The van der Waals surface area contributed by atoms with E-state index in [2.05, 4.69) is 25.9 Å². The van der Waals surface area contributed by atoms with Crippen molar-refractivity contribution in [3.8, 4) is 0 Å². The molecule has 0 spiro atoms. The van der Waals surface area contributed by atoms with Gasteiger partial charge in [0.1, 0.15) is 5.88 Å². The lowest BCUT2D eigenvalue weighted by Gasteiger charge is -2.31. The molecule has 4 nitrogen and oxygen atoms in total. The van der Waals surface area contributed by atoms with Crippen LogP contribution in [0.3, 0.4) is 0 Å². The van der Waals surface area contributed by atoms with Gasteiger partial charge in [-0.2, -0.15) is 5.10 Å². The molecule has 0 atom stereocenters. The zero-order chi connectivity index (χ0) is 14.6. The molecule has 0 radical (unpaired) electrons. The third-order valence-corrected chi connectivity index (χ3v) is 3.79. The minimum absolute atomic E-state index is 0.0195. The first-order valence-corrected chi connectivity index (χ1v) is 7.16. The molecular formula is C14H24ClN3O. The molecule has 0 aromatic carbocycles. The van der Waals surface area contributed by atoms with Crippen LogP contribution in [0, 0.1) is 12.3 Å². The SMILES string of the molecule is CCC(C)(C)CN(Cc1cc(C)n(C)n1)C(=O)CCl. The van der Waals surface area contributed by atoms with Crippen molar-refractivity contribution in [2.45, 2.75) is 40.7 Å². The normalized spacial score (nSPS) is 11.7. The summed E-state index contributed by atoms with van der Waals surface area (Å²) in [7, 11) is 1.91. The summed E-state index contributed by atoms with van der Waals surface area (Å²) in [5.41, 5.74) is 2.08. The van der Waals surface area contributed by atoms with Gasteiger partial charge in [-0.3, -0.25) is 9.48 Å². The molecule has 1 aromatic rings. The van der Waals surface area contributed by atoms with Crippen molar-refractivity contribution in [3.63, 3.8) is 0 Å². The van der Waals surface area contributed by atoms with E-state index in [0.717, 1.165) is 17.8 Å². The van der Waals surface area contributed by atoms with Gasteiger partial charge < -0.3 is 4.90 Å². The Morgan fingerprint density at radius 3 is 2.58 bits per heavy atom. The number of alkyl halides is 1. The molecule has 0 bridgehead atoms. The number of aromatic nitrogens is 2. The van der Waals surface area contributed by atoms with Crippen molar-refractivity contribution in [2.75, 3.05) is 12.4 Å². The van der Waals surface area contributed by atoms with Crippen molar-refractivity contribution in [1.82, 2.24) is 14.7 Å². The summed E-state index contributed by atoms with van der Waals surface area (Å²) >= 11 is 5.70. The van der Waals surface area contributed by atoms with Crippen molar-refractivity contribution in [1.29, 1.82) is 0 Å². The van der Waals surface area contributed by atoms with Crippen molar-refractivity contribution < 1.29 is 4.79 Å². The number of carbonyl (C=O) groups excluding carboxylic acids is 1. The number of amides is 1. The quantitative estimate of drug-likeness (QED) is 0.754. The molecule has 0 fully saturated rings. The summed E-state index contributed by atoms with van der Waals surface area (Å²) in [6.45, 7) is 9.67. The molecule has 0 unspecified atom stereocenters.